The lowest BCUT2D eigenvalue weighted by Gasteiger charge is -2.08. The number of nitrogens with zero attached hydrogens (tertiary/aromatic N) is 4. The first-order chi connectivity index (χ1) is 10.4. The van der Waals surface area contributed by atoms with Crippen molar-refractivity contribution in [1.29, 1.82) is 0 Å². The second kappa shape index (κ2) is 5.97. The van der Waals surface area contributed by atoms with Crippen LogP contribution < -0.4 is 4.74 Å². The molecule has 0 atom stereocenters. The summed E-state index contributed by atoms with van der Waals surface area (Å²) in [5.41, 5.74) is 1.72. The molecule has 3 aromatic rings. The van der Waals surface area contributed by atoms with Crippen molar-refractivity contribution >= 4 is 10.8 Å². The Morgan fingerprint density at radius 1 is 1.00 bits per heavy atom. The van der Waals surface area contributed by atoms with Gasteiger partial charge in [-0.15, -0.1) is 22.5 Å². The van der Waals surface area contributed by atoms with Gasteiger partial charge in [0.05, 0.1) is 17.8 Å². The lowest BCUT2D eigenvalue weighted by Crippen LogP contribution is -2.02. The number of hydrogen-bond acceptors (Lipinski definition) is 5. The van der Waals surface area contributed by atoms with Crippen molar-refractivity contribution in [3.05, 3.63) is 42.7 Å². The van der Waals surface area contributed by atoms with Gasteiger partial charge in [-0.05, 0) is 0 Å². The van der Waals surface area contributed by atoms with E-state index in [-0.39, 0.29) is 0 Å². The molecular formula is C16H12N4O. The Balaban J connectivity index is 2.09. The van der Waals surface area contributed by atoms with Crippen LogP contribution in [0.5, 0.6) is 5.88 Å². The van der Waals surface area contributed by atoms with E-state index in [4.69, 9.17) is 11.2 Å². The molecule has 102 valence electrons. The second-order valence-electron chi connectivity index (χ2n) is 4.34. The summed E-state index contributed by atoms with van der Waals surface area (Å²) in [5.74, 6) is 2.95. The molecule has 2 heterocycles. The van der Waals surface area contributed by atoms with Crippen molar-refractivity contribution < 1.29 is 4.74 Å². The molecule has 0 aliphatic carbocycles. The summed E-state index contributed by atoms with van der Waals surface area (Å²) >= 11 is 0. The Hall–Kier alpha value is -3.00. The molecule has 3 rings (SSSR count). The third-order valence-electron chi connectivity index (χ3n) is 2.99. The van der Waals surface area contributed by atoms with Gasteiger partial charge in [-0.3, -0.25) is 0 Å². The molecule has 5 heteroatoms. The van der Waals surface area contributed by atoms with E-state index in [0.717, 1.165) is 22.0 Å². The number of ether oxygens (including phenoxy) is 1. The maximum absolute atomic E-state index is 5.57. The Morgan fingerprint density at radius 3 is 2.52 bits per heavy atom. The van der Waals surface area contributed by atoms with Gasteiger partial charge in [-0.1, -0.05) is 30.3 Å². The van der Waals surface area contributed by atoms with Crippen molar-refractivity contribution in [2.75, 3.05) is 6.61 Å². The molecule has 0 fully saturated rings. The zero-order valence-corrected chi connectivity index (χ0v) is 11.2. The van der Waals surface area contributed by atoms with E-state index < -0.39 is 0 Å². The van der Waals surface area contributed by atoms with Crippen LogP contribution in [0.15, 0.2) is 42.7 Å². The molecule has 0 aliphatic rings. The van der Waals surface area contributed by atoms with Gasteiger partial charge in [0.1, 0.15) is 12.3 Å². The van der Waals surface area contributed by atoms with Crippen molar-refractivity contribution in [2.45, 2.75) is 6.42 Å². The fourth-order valence-corrected chi connectivity index (χ4v) is 2.01. The summed E-state index contributed by atoms with van der Waals surface area (Å²) in [7, 11) is 0. The van der Waals surface area contributed by atoms with E-state index in [2.05, 4.69) is 26.3 Å². The van der Waals surface area contributed by atoms with Gasteiger partial charge >= 0.3 is 0 Å². The van der Waals surface area contributed by atoms with Crippen LogP contribution in [0, 0.1) is 12.3 Å². The predicted octanol–water partition coefficient (Wildman–Crippen LogP) is 2.49. The van der Waals surface area contributed by atoms with E-state index in [1.54, 1.807) is 12.4 Å². The molecule has 1 aromatic carbocycles. The van der Waals surface area contributed by atoms with E-state index in [9.17, 15) is 0 Å². The number of benzene rings is 1. The fraction of sp³-hybridized carbons (Fsp3) is 0.125. The van der Waals surface area contributed by atoms with Crippen LogP contribution in [0.3, 0.4) is 0 Å². The van der Waals surface area contributed by atoms with Crippen LogP contribution in [0.25, 0.3) is 22.0 Å². The molecule has 5 nitrogen and oxygen atoms in total. The Morgan fingerprint density at radius 2 is 1.76 bits per heavy atom. The summed E-state index contributed by atoms with van der Waals surface area (Å²) in [5, 5.41) is 17.9. The minimum Gasteiger partial charge on any atom is -0.475 e. The molecule has 0 unspecified atom stereocenters. The second-order valence-corrected chi connectivity index (χ2v) is 4.34. The normalized spacial score (nSPS) is 10.2. The smallest absolute Gasteiger partial charge is 0.243 e. The number of hydrogen-bond donors (Lipinski definition) is 0. The third kappa shape index (κ3) is 2.65. The number of rotatable bonds is 4. The summed E-state index contributed by atoms with van der Waals surface area (Å²) in [6.45, 7) is 0.396. The maximum atomic E-state index is 5.57. The molecule has 0 saturated carbocycles. The van der Waals surface area contributed by atoms with E-state index >= 15 is 0 Å². The van der Waals surface area contributed by atoms with Crippen LogP contribution in [0.1, 0.15) is 6.42 Å². The lowest BCUT2D eigenvalue weighted by atomic mass is 10.1. The number of terminal acetylenes is 1. The van der Waals surface area contributed by atoms with Crippen LogP contribution >= 0.6 is 0 Å². The van der Waals surface area contributed by atoms with Crippen molar-refractivity contribution in [2.24, 2.45) is 0 Å². The van der Waals surface area contributed by atoms with Gasteiger partial charge in [0, 0.05) is 17.4 Å². The highest BCUT2D eigenvalue weighted by Crippen LogP contribution is 2.29. The van der Waals surface area contributed by atoms with Gasteiger partial charge in [0.15, 0.2) is 0 Å². The molecule has 0 saturated heterocycles. The monoisotopic (exact) mass is 276 g/mol. The van der Waals surface area contributed by atoms with Crippen LogP contribution in [0.2, 0.25) is 0 Å². The van der Waals surface area contributed by atoms with E-state index in [1.807, 2.05) is 30.3 Å². The van der Waals surface area contributed by atoms with Crippen molar-refractivity contribution in [3.63, 3.8) is 0 Å². The lowest BCUT2D eigenvalue weighted by molar-refractivity contribution is 0.315. The highest BCUT2D eigenvalue weighted by atomic mass is 16.5. The molecule has 0 aliphatic heterocycles. The predicted molar refractivity (Wildman–Crippen MR) is 79.5 cm³/mol. The maximum Gasteiger partial charge on any atom is 0.243 e. The summed E-state index contributed by atoms with van der Waals surface area (Å²) in [4.78, 5) is 0. The third-order valence-corrected chi connectivity index (χ3v) is 2.99. The quantitative estimate of drug-likeness (QED) is 0.541. The first-order valence-electron chi connectivity index (χ1n) is 6.49. The first-order valence-corrected chi connectivity index (χ1v) is 6.49. The minimum atomic E-state index is 0.396. The molecule has 0 amide bonds. The Bertz CT molecular complexity index is 796. The Kier molecular flexibility index (Phi) is 3.70. The largest absolute Gasteiger partial charge is 0.475 e. The van der Waals surface area contributed by atoms with Crippen LogP contribution in [0.4, 0.5) is 0 Å². The summed E-state index contributed by atoms with van der Waals surface area (Å²) < 4.78 is 5.57. The fourth-order valence-electron chi connectivity index (χ4n) is 2.01. The van der Waals surface area contributed by atoms with Crippen molar-refractivity contribution in [3.8, 4) is 29.5 Å². The molecule has 0 spiro atoms. The molecule has 2 aromatic heterocycles. The first kappa shape index (κ1) is 13.0. The van der Waals surface area contributed by atoms with Gasteiger partial charge < -0.3 is 4.74 Å². The summed E-state index contributed by atoms with van der Waals surface area (Å²) in [6, 6.07) is 9.81. The van der Waals surface area contributed by atoms with Gasteiger partial charge in [0.2, 0.25) is 5.88 Å². The van der Waals surface area contributed by atoms with E-state index in [0.29, 0.717) is 18.9 Å². The molecule has 0 N–H and O–H groups in total. The standard InChI is InChI=1S/C16H12N4O/c1-2-3-9-21-16-14-11-18-17-10-13(14)15(19-20-16)12-7-5-4-6-8-12/h1,4-8,10-11H,3,9H2. The van der Waals surface area contributed by atoms with Crippen molar-refractivity contribution in [1.82, 2.24) is 20.4 Å². The highest BCUT2D eigenvalue weighted by molar-refractivity contribution is 5.95. The number of aromatic nitrogens is 4. The zero-order valence-electron chi connectivity index (χ0n) is 11.2. The van der Waals surface area contributed by atoms with Gasteiger partial charge in [0.25, 0.3) is 0 Å². The Labute approximate surface area is 122 Å². The summed E-state index contributed by atoms with van der Waals surface area (Å²) in [6.07, 6.45) is 9.03. The minimum absolute atomic E-state index is 0.396. The van der Waals surface area contributed by atoms with E-state index in [1.165, 1.54) is 0 Å². The molecule has 21 heavy (non-hydrogen) atoms. The average molecular weight is 276 g/mol. The number of fused-ring (bicyclic) bond motifs is 1. The SMILES string of the molecule is C#CCCOc1nnc(-c2ccccc2)c2cnncc12. The molecular weight excluding hydrogens is 264 g/mol. The zero-order chi connectivity index (χ0) is 14.5. The highest BCUT2D eigenvalue weighted by Gasteiger charge is 2.12. The average Bonchev–Trinajstić information content (AvgIpc) is 2.56. The molecule has 0 radical (unpaired) electrons. The topological polar surface area (TPSA) is 60.8 Å². The molecule has 0 bridgehead atoms. The van der Waals surface area contributed by atoms with Crippen LogP contribution in [-0.2, 0) is 0 Å². The van der Waals surface area contributed by atoms with Crippen LogP contribution in [-0.4, -0.2) is 27.0 Å². The van der Waals surface area contributed by atoms with Gasteiger partial charge in [-0.2, -0.15) is 10.2 Å². The van der Waals surface area contributed by atoms with Gasteiger partial charge in [-0.25, -0.2) is 0 Å².